The van der Waals surface area contributed by atoms with Crippen LogP contribution in [0.4, 0.5) is 0 Å². The molecule has 2 heterocycles. The Balaban J connectivity index is 2.17. The maximum atomic E-state index is 12.2. The van der Waals surface area contributed by atoms with E-state index in [1.54, 1.807) is 11.6 Å². The van der Waals surface area contributed by atoms with Crippen molar-refractivity contribution in [3.05, 3.63) is 36.2 Å². The lowest BCUT2D eigenvalue weighted by atomic mass is 10.3. The van der Waals surface area contributed by atoms with Gasteiger partial charge in [-0.15, -0.1) is 10.2 Å². The molecular formula is C12H14N6O2S. The molecule has 0 saturated heterocycles. The van der Waals surface area contributed by atoms with Crippen LogP contribution in [0, 0.1) is 11.8 Å². The minimum absolute atomic E-state index is 0.0356. The lowest BCUT2D eigenvalue weighted by molar-refractivity contribution is 0.577. The highest BCUT2D eigenvalue weighted by atomic mass is 32.2. The molecule has 0 spiro atoms. The molecule has 0 aromatic carbocycles. The van der Waals surface area contributed by atoms with Crippen LogP contribution in [0.3, 0.4) is 0 Å². The maximum absolute atomic E-state index is 12.2. The van der Waals surface area contributed by atoms with Crippen LogP contribution in [-0.4, -0.2) is 34.7 Å². The van der Waals surface area contributed by atoms with Gasteiger partial charge in [-0.25, -0.2) is 13.1 Å². The Morgan fingerprint density at radius 3 is 2.90 bits per heavy atom. The van der Waals surface area contributed by atoms with Crippen molar-refractivity contribution in [2.75, 3.05) is 6.54 Å². The molecule has 3 N–H and O–H groups in total. The molecule has 0 bridgehead atoms. The summed E-state index contributed by atoms with van der Waals surface area (Å²) in [5.41, 5.74) is 5.76. The summed E-state index contributed by atoms with van der Waals surface area (Å²) in [6.07, 6.45) is 4.23. The van der Waals surface area contributed by atoms with Gasteiger partial charge in [-0.3, -0.25) is 4.98 Å². The first-order valence-corrected chi connectivity index (χ1v) is 7.48. The van der Waals surface area contributed by atoms with Crippen LogP contribution in [0.5, 0.6) is 0 Å². The van der Waals surface area contributed by atoms with Gasteiger partial charge in [0.05, 0.1) is 13.1 Å². The molecule has 110 valence electrons. The van der Waals surface area contributed by atoms with Crippen molar-refractivity contribution >= 4 is 10.0 Å². The number of pyridine rings is 1. The predicted molar refractivity (Wildman–Crippen MR) is 75.2 cm³/mol. The van der Waals surface area contributed by atoms with Gasteiger partial charge < -0.3 is 10.3 Å². The van der Waals surface area contributed by atoms with Gasteiger partial charge >= 0.3 is 0 Å². The van der Waals surface area contributed by atoms with Crippen LogP contribution in [0.25, 0.3) is 0 Å². The van der Waals surface area contributed by atoms with Crippen LogP contribution in [0.15, 0.2) is 29.7 Å². The SMILES string of the molecule is Cn1cnnc1CNS(=O)(=O)c1cncc(C#CCN)c1. The second kappa shape index (κ2) is 6.45. The summed E-state index contributed by atoms with van der Waals surface area (Å²) >= 11 is 0. The number of hydrogen-bond acceptors (Lipinski definition) is 6. The monoisotopic (exact) mass is 306 g/mol. The Hall–Kier alpha value is -2.28. The predicted octanol–water partition coefficient (Wildman–Crippen LogP) is -1.00. The van der Waals surface area contributed by atoms with Crippen molar-refractivity contribution in [3.8, 4) is 11.8 Å². The summed E-state index contributed by atoms with van der Waals surface area (Å²) < 4.78 is 28.4. The van der Waals surface area contributed by atoms with Gasteiger partial charge in [0.25, 0.3) is 0 Å². The summed E-state index contributed by atoms with van der Waals surface area (Å²) in [7, 11) is -1.96. The summed E-state index contributed by atoms with van der Waals surface area (Å²) in [6, 6.07) is 1.44. The van der Waals surface area contributed by atoms with E-state index in [9.17, 15) is 8.42 Å². The molecule has 21 heavy (non-hydrogen) atoms. The molecule has 0 aliphatic rings. The van der Waals surface area contributed by atoms with Crippen molar-refractivity contribution < 1.29 is 8.42 Å². The van der Waals surface area contributed by atoms with Crippen molar-refractivity contribution in [1.82, 2.24) is 24.5 Å². The van der Waals surface area contributed by atoms with E-state index >= 15 is 0 Å². The van der Waals surface area contributed by atoms with Gasteiger partial charge in [0.15, 0.2) is 0 Å². The van der Waals surface area contributed by atoms with Gasteiger partial charge in [-0.2, -0.15) is 0 Å². The lowest BCUT2D eigenvalue weighted by Crippen LogP contribution is -2.25. The molecule has 0 saturated carbocycles. The Bertz CT molecular complexity index is 787. The Labute approximate surface area is 122 Å². The van der Waals surface area contributed by atoms with Crippen molar-refractivity contribution in [2.45, 2.75) is 11.4 Å². The molecule has 8 nitrogen and oxygen atoms in total. The number of sulfonamides is 1. The summed E-state index contributed by atoms with van der Waals surface area (Å²) in [4.78, 5) is 3.91. The topological polar surface area (TPSA) is 116 Å². The van der Waals surface area contributed by atoms with E-state index in [2.05, 4.69) is 31.7 Å². The van der Waals surface area contributed by atoms with E-state index in [1.165, 1.54) is 24.8 Å². The number of rotatable bonds is 4. The maximum Gasteiger partial charge on any atom is 0.242 e. The molecule has 0 amide bonds. The quantitative estimate of drug-likeness (QED) is 0.700. The van der Waals surface area contributed by atoms with Crippen molar-refractivity contribution in [3.63, 3.8) is 0 Å². The first kappa shape index (κ1) is 15.1. The van der Waals surface area contributed by atoms with Crippen molar-refractivity contribution in [1.29, 1.82) is 0 Å². The van der Waals surface area contributed by atoms with Gasteiger partial charge in [-0.05, 0) is 6.07 Å². The molecule has 2 aromatic rings. The normalized spacial score (nSPS) is 11.0. The molecule has 0 aliphatic heterocycles. The molecule has 9 heteroatoms. The van der Waals surface area contributed by atoms with Gasteiger partial charge in [0, 0.05) is 25.0 Å². The summed E-state index contributed by atoms with van der Waals surface area (Å²) in [5, 5.41) is 7.48. The lowest BCUT2D eigenvalue weighted by Gasteiger charge is -2.06. The first-order valence-electron chi connectivity index (χ1n) is 5.99. The molecule has 0 radical (unpaired) electrons. The van der Waals surface area contributed by atoms with E-state index in [4.69, 9.17) is 5.73 Å². The molecule has 0 fully saturated rings. The van der Waals surface area contributed by atoms with Crippen LogP contribution in [0.2, 0.25) is 0 Å². The average molecular weight is 306 g/mol. The Morgan fingerprint density at radius 1 is 1.43 bits per heavy atom. The highest BCUT2D eigenvalue weighted by molar-refractivity contribution is 7.89. The van der Waals surface area contributed by atoms with Gasteiger partial charge in [0.1, 0.15) is 17.0 Å². The number of nitrogens with zero attached hydrogens (tertiary/aromatic N) is 4. The zero-order chi connectivity index (χ0) is 15.3. The third-order valence-electron chi connectivity index (χ3n) is 2.58. The van der Waals surface area contributed by atoms with E-state index < -0.39 is 10.0 Å². The fraction of sp³-hybridized carbons (Fsp3) is 0.250. The van der Waals surface area contributed by atoms with Crippen LogP contribution >= 0.6 is 0 Å². The van der Waals surface area contributed by atoms with E-state index in [-0.39, 0.29) is 18.0 Å². The molecule has 0 aliphatic carbocycles. The number of aromatic nitrogens is 4. The Morgan fingerprint density at radius 2 is 2.24 bits per heavy atom. The van der Waals surface area contributed by atoms with Crippen LogP contribution in [-0.2, 0) is 23.6 Å². The van der Waals surface area contributed by atoms with Crippen LogP contribution in [0.1, 0.15) is 11.4 Å². The molecule has 0 atom stereocenters. The number of nitrogens with two attached hydrogens (primary N) is 1. The Kier molecular flexibility index (Phi) is 4.64. The van der Waals surface area contributed by atoms with Crippen molar-refractivity contribution in [2.24, 2.45) is 12.8 Å². The second-order valence-electron chi connectivity index (χ2n) is 4.10. The molecule has 2 aromatic heterocycles. The standard InChI is InChI=1S/C12H14N6O2S/c1-18-9-15-17-12(18)8-16-21(19,20)11-5-10(3-2-4-13)6-14-7-11/h5-7,9,16H,4,8,13H2,1H3. The fourth-order valence-corrected chi connectivity index (χ4v) is 2.46. The summed E-state index contributed by atoms with van der Waals surface area (Å²) in [5.74, 6) is 5.89. The first-order chi connectivity index (χ1) is 10.0. The average Bonchev–Trinajstić information content (AvgIpc) is 2.89. The molecule has 2 rings (SSSR count). The minimum atomic E-state index is -3.69. The minimum Gasteiger partial charge on any atom is -0.320 e. The third-order valence-corrected chi connectivity index (χ3v) is 3.95. The van der Waals surface area contributed by atoms with E-state index in [1.807, 2.05) is 0 Å². The van der Waals surface area contributed by atoms with Crippen LogP contribution < -0.4 is 10.5 Å². The number of nitrogens with one attached hydrogen (secondary N) is 1. The fourth-order valence-electron chi connectivity index (χ4n) is 1.50. The largest absolute Gasteiger partial charge is 0.320 e. The summed E-state index contributed by atoms with van der Waals surface area (Å²) in [6.45, 7) is 0.235. The van der Waals surface area contributed by atoms with E-state index in [0.717, 1.165) is 0 Å². The van der Waals surface area contributed by atoms with Gasteiger partial charge in [-0.1, -0.05) is 11.8 Å². The smallest absolute Gasteiger partial charge is 0.242 e. The highest BCUT2D eigenvalue weighted by Crippen LogP contribution is 2.09. The zero-order valence-electron chi connectivity index (χ0n) is 11.3. The number of hydrogen-bond donors (Lipinski definition) is 2. The zero-order valence-corrected chi connectivity index (χ0v) is 12.1. The molecule has 0 unspecified atom stereocenters. The number of aryl methyl sites for hydroxylation is 1. The second-order valence-corrected chi connectivity index (χ2v) is 5.86. The third kappa shape index (κ3) is 3.85. The molecular weight excluding hydrogens is 292 g/mol. The van der Waals surface area contributed by atoms with E-state index in [0.29, 0.717) is 11.4 Å². The highest BCUT2D eigenvalue weighted by Gasteiger charge is 2.15. The van der Waals surface area contributed by atoms with Gasteiger partial charge in [0.2, 0.25) is 10.0 Å².